The van der Waals surface area contributed by atoms with E-state index in [2.05, 4.69) is 5.32 Å². The molecule has 8 heteroatoms. The quantitative estimate of drug-likeness (QED) is 0.475. The molecule has 1 amide bonds. The lowest BCUT2D eigenvalue weighted by atomic mass is 10.1. The Kier molecular flexibility index (Phi) is 7.73. The molecule has 0 aromatic heterocycles. The lowest BCUT2D eigenvalue weighted by Gasteiger charge is -2.25. The van der Waals surface area contributed by atoms with Gasteiger partial charge < -0.3 is 10.1 Å². The van der Waals surface area contributed by atoms with E-state index in [9.17, 15) is 18.0 Å². The normalized spacial score (nSPS) is 11.1. The van der Waals surface area contributed by atoms with E-state index in [1.807, 2.05) is 26.8 Å². The number of esters is 1. The van der Waals surface area contributed by atoms with E-state index in [0.717, 1.165) is 21.0 Å². The Morgan fingerprint density at radius 2 is 1.53 bits per heavy atom. The maximum Gasteiger partial charge on any atom is 0.338 e. The molecule has 0 atom stereocenters. The Labute approximate surface area is 200 Å². The van der Waals surface area contributed by atoms with Crippen molar-refractivity contribution in [1.29, 1.82) is 0 Å². The van der Waals surface area contributed by atoms with Crippen LogP contribution in [0.3, 0.4) is 0 Å². The number of carbonyl (C=O) groups is 2. The van der Waals surface area contributed by atoms with Gasteiger partial charge in [0.1, 0.15) is 6.54 Å². The van der Waals surface area contributed by atoms with Crippen molar-refractivity contribution in [2.24, 2.45) is 0 Å². The zero-order valence-electron chi connectivity index (χ0n) is 19.7. The third-order valence-electron chi connectivity index (χ3n) is 5.35. The number of nitrogens with one attached hydrogen (secondary N) is 1. The average molecular weight is 481 g/mol. The molecule has 1 N–H and O–H groups in total. The van der Waals surface area contributed by atoms with Crippen LogP contribution in [-0.2, 0) is 19.6 Å². The van der Waals surface area contributed by atoms with E-state index in [1.54, 1.807) is 43.3 Å². The van der Waals surface area contributed by atoms with E-state index in [0.29, 0.717) is 16.9 Å². The van der Waals surface area contributed by atoms with Gasteiger partial charge in [0, 0.05) is 5.69 Å². The lowest BCUT2D eigenvalue weighted by molar-refractivity contribution is -0.114. The summed E-state index contributed by atoms with van der Waals surface area (Å²) in [7, 11) is -4.00. The van der Waals surface area contributed by atoms with Gasteiger partial charge in [0.05, 0.1) is 22.8 Å². The minimum absolute atomic E-state index is 0.0999. The van der Waals surface area contributed by atoms with E-state index in [-0.39, 0.29) is 11.5 Å². The zero-order chi connectivity index (χ0) is 24.9. The number of hydrogen-bond donors (Lipinski definition) is 1. The fourth-order valence-corrected chi connectivity index (χ4v) is 4.68. The first kappa shape index (κ1) is 25.0. The van der Waals surface area contributed by atoms with Crippen molar-refractivity contribution in [1.82, 2.24) is 0 Å². The fourth-order valence-electron chi connectivity index (χ4n) is 3.27. The van der Waals surface area contributed by atoms with Crippen molar-refractivity contribution in [3.05, 3.63) is 89.0 Å². The summed E-state index contributed by atoms with van der Waals surface area (Å²) < 4.78 is 33.1. The molecule has 34 heavy (non-hydrogen) atoms. The third-order valence-corrected chi connectivity index (χ3v) is 7.14. The van der Waals surface area contributed by atoms with Crippen molar-refractivity contribution < 1.29 is 22.7 Å². The Hall–Kier alpha value is -3.65. The summed E-state index contributed by atoms with van der Waals surface area (Å²) >= 11 is 0. The minimum Gasteiger partial charge on any atom is -0.462 e. The Bertz CT molecular complexity index is 1280. The number of carbonyl (C=O) groups excluding carboxylic acids is 2. The molecule has 0 heterocycles. The Balaban J connectivity index is 1.88. The second-order valence-corrected chi connectivity index (χ2v) is 9.80. The predicted molar refractivity (Wildman–Crippen MR) is 133 cm³/mol. The lowest BCUT2D eigenvalue weighted by Crippen LogP contribution is -2.38. The zero-order valence-corrected chi connectivity index (χ0v) is 20.5. The van der Waals surface area contributed by atoms with Gasteiger partial charge in [-0.25, -0.2) is 13.2 Å². The first-order valence-electron chi connectivity index (χ1n) is 10.9. The van der Waals surface area contributed by atoms with Crippen LogP contribution in [0.15, 0.2) is 71.6 Å². The molecule has 7 nitrogen and oxygen atoms in total. The van der Waals surface area contributed by atoms with Crippen LogP contribution in [0.2, 0.25) is 0 Å². The van der Waals surface area contributed by atoms with E-state index >= 15 is 0 Å². The van der Waals surface area contributed by atoms with Gasteiger partial charge in [-0.05, 0) is 87.4 Å². The molecule has 3 aromatic rings. The SMILES string of the molecule is CCOC(=O)c1ccc(NC(=O)CN(c2ccc(C)c(C)c2)S(=O)(=O)c2ccc(C)cc2)cc1. The number of rotatable bonds is 8. The Morgan fingerprint density at radius 1 is 0.882 bits per heavy atom. The summed E-state index contributed by atoms with van der Waals surface area (Å²) in [4.78, 5) is 24.8. The first-order chi connectivity index (χ1) is 16.1. The van der Waals surface area contributed by atoms with E-state index < -0.39 is 28.4 Å². The molecule has 0 aliphatic rings. The molecule has 0 saturated heterocycles. The highest BCUT2D eigenvalue weighted by molar-refractivity contribution is 7.92. The maximum atomic E-state index is 13.5. The molecule has 0 aliphatic heterocycles. The van der Waals surface area contributed by atoms with E-state index in [4.69, 9.17) is 4.74 Å². The number of anilines is 2. The second-order valence-electron chi connectivity index (χ2n) is 7.94. The van der Waals surface area contributed by atoms with Gasteiger partial charge in [-0.3, -0.25) is 9.10 Å². The highest BCUT2D eigenvalue weighted by Crippen LogP contribution is 2.26. The molecule has 0 spiro atoms. The van der Waals surface area contributed by atoms with Crippen LogP contribution >= 0.6 is 0 Å². The molecule has 178 valence electrons. The number of amides is 1. The van der Waals surface area contributed by atoms with Crippen LogP contribution in [0.5, 0.6) is 0 Å². The number of sulfonamides is 1. The smallest absolute Gasteiger partial charge is 0.338 e. The summed E-state index contributed by atoms with van der Waals surface area (Å²) in [5.74, 6) is -0.969. The van der Waals surface area contributed by atoms with Gasteiger partial charge in [0.2, 0.25) is 5.91 Å². The molecule has 0 unspecified atom stereocenters. The van der Waals surface area contributed by atoms with Crippen molar-refractivity contribution in [2.45, 2.75) is 32.6 Å². The average Bonchev–Trinajstić information content (AvgIpc) is 2.80. The molecule has 0 radical (unpaired) electrons. The van der Waals surface area contributed by atoms with E-state index in [1.165, 1.54) is 24.3 Å². The molecule has 0 bridgehead atoms. The predicted octanol–water partition coefficient (Wildman–Crippen LogP) is 4.62. The third kappa shape index (κ3) is 5.82. The van der Waals surface area contributed by atoms with Crippen molar-refractivity contribution in [3.8, 4) is 0 Å². The summed E-state index contributed by atoms with van der Waals surface area (Å²) in [6.07, 6.45) is 0. The molecular formula is C26H28N2O5S. The maximum absolute atomic E-state index is 13.5. The second kappa shape index (κ2) is 10.5. The molecule has 3 rings (SSSR count). The molecule has 0 fully saturated rings. The number of benzene rings is 3. The Morgan fingerprint density at radius 3 is 2.12 bits per heavy atom. The topological polar surface area (TPSA) is 92.8 Å². The molecule has 0 saturated carbocycles. The largest absolute Gasteiger partial charge is 0.462 e. The van der Waals surface area contributed by atoms with Gasteiger partial charge in [-0.1, -0.05) is 23.8 Å². The van der Waals surface area contributed by atoms with Crippen LogP contribution in [0, 0.1) is 20.8 Å². The van der Waals surface area contributed by atoms with Crippen LogP contribution in [0.1, 0.15) is 34.0 Å². The summed E-state index contributed by atoms with van der Waals surface area (Å²) in [6, 6.07) is 18.0. The monoisotopic (exact) mass is 480 g/mol. The number of aryl methyl sites for hydroxylation is 3. The molecular weight excluding hydrogens is 452 g/mol. The van der Waals surface area contributed by atoms with Gasteiger partial charge in [0.15, 0.2) is 0 Å². The highest BCUT2D eigenvalue weighted by Gasteiger charge is 2.27. The molecule has 0 aliphatic carbocycles. The standard InChI is InChI=1S/C26H28N2O5S/c1-5-33-26(30)21-9-11-22(12-10-21)27-25(29)17-28(23-13-8-19(3)20(4)16-23)34(31,32)24-14-6-18(2)7-15-24/h6-16H,5,17H2,1-4H3,(H,27,29). The number of ether oxygens (including phenoxy) is 1. The van der Waals surface area contributed by atoms with Gasteiger partial charge in [-0.2, -0.15) is 0 Å². The number of nitrogens with zero attached hydrogens (tertiary/aromatic N) is 1. The fraction of sp³-hybridized carbons (Fsp3) is 0.231. The number of hydrogen-bond acceptors (Lipinski definition) is 5. The summed E-state index contributed by atoms with van der Waals surface area (Å²) in [5.41, 5.74) is 4.06. The van der Waals surface area contributed by atoms with Crippen LogP contribution in [0.25, 0.3) is 0 Å². The van der Waals surface area contributed by atoms with Crippen LogP contribution in [-0.4, -0.2) is 33.4 Å². The first-order valence-corrected chi connectivity index (χ1v) is 12.3. The van der Waals surface area contributed by atoms with Crippen molar-refractivity contribution >= 4 is 33.3 Å². The van der Waals surface area contributed by atoms with Crippen molar-refractivity contribution in [2.75, 3.05) is 22.8 Å². The van der Waals surface area contributed by atoms with Crippen LogP contribution in [0.4, 0.5) is 11.4 Å². The molecule has 3 aromatic carbocycles. The van der Waals surface area contributed by atoms with Gasteiger partial charge in [-0.15, -0.1) is 0 Å². The van der Waals surface area contributed by atoms with Gasteiger partial charge >= 0.3 is 5.97 Å². The van der Waals surface area contributed by atoms with Gasteiger partial charge in [0.25, 0.3) is 10.0 Å². The van der Waals surface area contributed by atoms with Crippen LogP contribution < -0.4 is 9.62 Å². The van der Waals surface area contributed by atoms with Crippen molar-refractivity contribution in [3.63, 3.8) is 0 Å². The summed E-state index contributed by atoms with van der Waals surface area (Å²) in [5, 5.41) is 2.70. The minimum atomic E-state index is -4.00. The summed E-state index contributed by atoms with van der Waals surface area (Å²) in [6.45, 7) is 7.27. The highest BCUT2D eigenvalue weighted by atomic mass is 32.2.